The molecule has 0 aliphatic carbocycles. The maximum atomic E-state index is 13.1. The molecule has 1 amide bonds. The topological polar surface area (TPSA) is 65.8 Å². The molecule has 2 aromatic rings. The van der Waals surface area contributed by atoms with Crippen molar-refractivity contribution in [1.29, 1.82) is 5.26 Å². The van der Waals surface area contributed by atoms with Crippen LogP contribution < -0.4 is 14.4 Å². The van der Waals surface area contributed by atoms with Gasteiger partial charge < -0.3 is 14.4 Å². The molecule has 1 atom stereocenters. The van der Waals surface area contributed by atoms with E-state index in [0.717, 1.165) is 16.3 Å². The third-order valence-corrected chi connectivity index (χ3v) is 6.38. The molecular formula is C22H21N3O3S. The minimum atomic E-state index is -0.348. The third kappa shape index (κ3) is 3.52. The Bertz CT molecular complexity index is 1000. The third-order valence-electron chi connectivity index (χ3n) is 5.23. The van der Waals surface area contributed by atoms with Crippen LogP contribution in [-0.2, 0) is 4.79 Å². The number of hydrogen-bond acceptors (Lipinski definition) is 6. The average molecular weight is 407 g/mol. The van der Waals surface area contributed by atoms with Crippen molar-refractivity contribution in [2.24, 2.45) is 0 Å². The molecule has 0 radical (unpaired) electrons. The van der Waals surface area contributed by atoms with E-state index in [1.807, 2.05) is 48.5 Å². The first-order valence-corrected chi connectivity index (χ1v) is 10.2. The number of para-hydroxylation sites is 1. The fourth-order valence-electron chi connectivity index (χ4n) is 3.74. The van der Waals surface area contributed by atoms with Gasteiger partial charge in [0.1, 0.15) is 11.5 Å². The number of carbonyl (C=O) groups is 1. The van der Waals surface area contributed by atoms with E-state index in [1.54, 1.807) is 19.1 Å². The summed E-state index contributed by atoms with van der Waals surface area (Å²) in [4.78, 5) is 16.9. The van der Waals surface area contributed by atoms with Gasteiger partial charge in [-0.2, -0.15) is 5.26 Å². The summed E-state index contributed by atoms with van der Waals surface area (Å²) >= 11 is 1.52. The Kier molecular flexibility index (Phi) is 5.36. The van der Waals surface area contributed by atoms with Gasteiger partial charge in [-0.1, -0.05) is 30.0 Å². The Morgan fingerprint density at radius 1 is 1.14 bits per heavy atom. The summed E-state index contributed by atoms with van der Waals surface area (Å²) in [5, 5.41) is 10.7. The Balaban J connectivity index is 1.72. The zero-order chi connectivity index (χ0) is 20.4. The molecule has 0 saturated carbocycles. The number of thioether (sulfide) groups is 1. The molecule has 148 valence electrons. The van der Waals surface area contributed by atoms with E-state index < -0.39 is 0 Å². The maximum absolute atomic E-state index is 13.1. The second-order valence-electron chi connectivity index (χ2n) is 6.81. The molecule has 6 nitrogen and oxygen atoms in total. The van der Waals surface area contributed by atoms with Crippen LogP contribution >= 0.6 is 11.8 Å². The van der Waals surface area contributed by atoms with Crippen LogP contribution in [0, 0.1) is 11.3 Å². The molecule has 4 rings (SSSR count). The summed E-state index contributed by atoms with van der Waals surface area (Å²) in [5.41, 5.74) is 2.46. The second-order valence-corrected chi connectivity index (χ2v) is 7.74. The van der Waals surface area contributed by atoms with Crippen molar-refractivity contribution >= 4 is 23.4 Å². The first-order valence-electron chi connectivity index (χ1n) is 9.25. The van der Waals surface area contributed by atoms with E-state index in [-0.39, 0.29) is 18.2 Å². The summed E-state index contributed by atoms with van der Waals surface area (Å²) in [6, 6.07) is 17.8. The van der Waals surface area contributed by atoms with E-state index in [1.165, 1.54) is 11.8 Å². The van der Waals surface area contributed by atoms with Gasteiger partial charge in [0, 0.05) is 23.6 Å². The van der Waals surface area contributed by atoms with E-state index in [0.29, 0.717) is 29.6 Å². The molecule has 2 aromatic carbocycles. The lowest BCUT2D eigenvalue weighted by atomic mass is 9.86. The van der Waals surface area contributed by atoms with E-state index in [9.17, 15) is 10.1 Å². The van der Waals surface area contributed by atoms with Crippen LogP contribution in [0.1, 0.15) is 17.9 Å². The standard InChI is InChI=1S/C22H21N3O3S/c1-27-16-8-9-20(28-2)18(10-16)17-11-21(26)25-13-24(15-6-4-3-5-7-15)14-29-22(25)19(17)12-23/h3-10,17H,11,13-14H2,1-2H3/t17-/m1/s1. The molecule has 0 unspecified atom stereocenters. The Morgan fingerprint density at radius 2 is 1.93 bits per heavy atom. The smallest absolute Gasteiger partial charge is 0.229 e. The fraction of sp³-hybridized carbons (Fsp3) is 0.273. The van der Waals surface area contributed by atoms with Gasteiger partial charge in [-0.25, -0.2) is 0 Å². The molecule has 2 heterocycles. The van der Waals surface area contributed by atoms with Crippen molar-refractivity contribution < 1.29 is 14.3 Å². The van der Waals surface area contributed by atoms with Gasteiger partial charge in [0.05, 0.1) is 43.4 Å². The van der Waals surface area contributed by atoms with Gasteiger partial charge in [0.25, 0.3) is 0 Å². The molecular weight excluding hydrogens is 386 g/mol. The highest BCUT2D eigenvalue weighted by Gasteiger charge is 2.39. The molecule has 0 bridgehead atoms. The first-order chi connectivity index (χ1) is 14.2. The monoisotopic (exact) mass is 407 g/mol. The number of anilines is 1. The van der Waals surface area contributed by atoms with Crippen LogP contribution in [0.5, 0.6) is 11.5 Å². The molecule has 7 heteroatoms. The summed E-state index contributed by atoms with van der Waals surface area (Å²) in [5.74, 6) is 1.65. The highest BCUT2D eigenvalue weighted by molar-refractivity contribution is 8.03. The lowest BCUT2D eigenvalue weighted by molar-refractivity contribution is -0.129. The van der Waals surface area contributed by atoms with E-state index in [4.69, 9.17) is 9.47 Å². The lowest BCUT2D eigenvalue weighted by Gasteiger charge is -2.42. The van der Waals surface area contributed by atoms with Crippen LogP contribution in [0.3, 0.4) is 0 Å². The molecule has 1 fully saturated rings. The molecule has 1 saturated heterocycles. The number of fused-ring (bicyclic) bond motifs is 1. The number of benzene rings is 2. The normalized spacial score (nSPS) is 18.9. The Hall–Kier alpha value is -3.11. The van der Waals surface area contributed by atoms with Crippen LogP contribution in [0.2, 0.25) is 0 Å². The maximum Gasteiger partial charge on any atom is 0.229 e. The molecule has 2 aliphatic rings. The second kappa shape index (κ2) is 8.10. The van der Waals surface area contributed by atoms with E-state index >= 15 is 0 Å². The lowest BCUT2D eigenvalue weighted by Crippen LogP contribution is -2.47. The van der Waals surface area contributed by atoms with Crippen LogP contribution in [0.15, 0.2) is 59.1 Å². The van der Waals surface area contributed by atoms with Crippen molar-refractivity contribution in [2.45, 2.75) is 12.3 Å². The van der Waals surface area contributed by atoms with Crippen molar-refractivity contribution in [2.75, 3.05) is 31.7 Å². The number of hydrogen-bond donors (Lipinski definition) is 0. The molecule has 0 N–H and O–H groups in total. The van der Waals surface area contributed by atoms with Crippen LogP contribution in [0.25, 0.3) is 0 Å². The number of amides is 1. The highest BCUT2D eigenvalue weighted by atomic mass is 32.2. The summed E-state index contributed by atoms with van der Waals surface area (Å²) in [6.07, 6.45) is 0.221. The molecule has 0 spiro atoms. The fourth-order valence-corrected chi connectivity index (χ4v) is 4.91. The van der Waals surface area contributed by atoms with Crippen LogP contribution in [-0.4, -0.2) is 37.6 Å². The quantitative estimate of drug-likeness (QED) is 0.765. The summed E-state index contributed by atoms with van der Waals surface area (Å²) in [6.45, 7) is 0.443. The number of allylic oxidation sites excluding steroid dienone is 1. The predicted molar refractivity (Wildman–Crippen MR) is 113 cm³/mol. The van der Waals surface area contributed by atoms with Crippen molar-refractivity contribution in [3.63, 3.8) is 0 Å². The predicted octanol–water partition coefficient (Wildman–Crippen LogP) is 3.92. The number of ether oxygens (including phenoxy) is 2. The molecule has 2 aliphatic heterocycles. The van der Waals surface area contributed by atoms with Crippen molar-refractivity contribution in [3.05, 3.63) is 64.7 Å². The average Bonchev–Trinajstić information content (AvgIpc) is 2.79. The largest absolute Gasteiger partial charge is 0.497 e. The highest BCUT2D eigenvalue weighted by Crippen LogP contribution is 2.45. The minimum absolute atomic E-state index is 0.00186. The number of methoxy groups -OCH3 is 2. The Morgan fingerprint density at radius 3 is 2.62 bits per heavy atom. The summed E-state index contributed by atoms with van der Waals surface area (Å²) < 4.78 is 10.9. The minimum Gasteiger partial charge on any atom is -0.497 e. The van der Waals surface area contributed by atoms with Crippen molar-refractivity contribution in [3.8, 4) is 17.6 Å². The molecule has 0 aromatic heterocycles. The zero-order valence-corrected chi connectivity index (χ0v) is 17.1. The summed E-state index contributed by atoms with van der Waals surface area (Å²) in [7, 11) is 3.19. The SMILES string of the molecule is COc1ccc(OC)c([C@H]2CC(=O)N3CN(c4ccccc4)CSC3=C2C#N)c1. The van der Waals surface area contributed by atoms with E-state index in [2.05, 4.69) is 11.0 Å². The first kappa shape index (κ1) is 19.2. The van der Waals surface area contributed by atoms with Gasteiger partial charge in [0.2, 0.25) is 5.91 Å². The van der Waals surface area contributed by atoms with Gasteiger partial charge in [-0.05, 0) is 30.3 Å². The number of nitriles is 1. The van der Waals surface area contributed by atoms with Gasteiger partial charge in [-0.15, -0.1) is 0 Å². The van der Waals surface area contributed by atoms with Crippen molar-refractivity contribution in [1.82, 2.24) is 4.90 Å². The zero-order valence-electron chi connectivity index (χ0n) is 16.3. The Labute approximate surface area is 174 Å². The van der Waals surface area contributed by atoms with Gasteiger partial charge >= 0.3 is 0 Å². The van der Waals surface area contributed by atoms with Gasteiger partial charge in [0.15, 0.2) is 0 Å². The van der Waals surface area contributed by atoms with Crippen LogP contribution in [0.4, 0.5) is 5.69 Å². The molecule has 29 heavy (non-hydrogen) atoms. The number of rotatable bonds is 4. The number of nitrogens with zero attached hydrogens (tertiary/aromatic N) is 3. The van der Waals surface area contributed by atoms with Gasteiger partial charge in [-0.3, -0.25) is 9.69 Å². The number of carbonyl (C=O) groups excluding carboxylic acids is 1.